The van der Waals surface area contributed by atoms with E-state index in [9.17, 15) is 0 Å². The number of hydrogen-bond donors (Lipinski definition) is 1. The van der Waals surface area contributed by atoms with Crippen molar-refractivity contribution in [2.45, 2.75) is 19.9 Å². The average Bonchev–Trinajstić information content (AvgIpc) is 2.81. The van der Waals surface area contributed by atoms with Gasteiger partial charge in [-0.2, -0.15) is 0 Å². The van der Waals surface area contributed by atoms with Gasteiger partial charge in [0, 0.05) is 31.8 Å². The van der Waals surface area contributed by atoms with Crippen molar-refractivity contribution in [3.63, 3.8) is 0 Å². The van der Waals surface area contributed by atoms with Gasteiger partial charge in [0.15, 0.2) is 0 Å². The van der Waals surface area contributed by atoms with E-state index in [0.717, 1.165) is 35.3 Å². The average molecular weight is 278 g/mol. The Bertz CT molecular complexity index is 515. The van der Waals surface area contributed by atoms with Crippen LogP contribution in [0.1, 0.15) is 22.2 Å². The van der Waals surface area contributed by atoms with Crippen LogP contribution in [0.15, 0.2) is 17.6 Å². The van der Waals surface area contributed by atoms with Crippen molar-refractivity contribution < 1.29 is 4.74 Å². The molecule has 2 aromatic heterocycles. The standard InChI is InChI=1S/C13H18N4OS/c1-10-16-12(9-19-10)7-13-15-4-3-11(17-13)8-14-5-6-18-2/h3-4,9,14H,5-8H2,1-2H3. The molecule has 2 aromatic rings. The molecule has 1 N–H and O–H groups in total. The van der Waals surface area contributed by atoms with Crippen LogP contribution in [0, 0.1) is 6.92 Å². The number of hydrogen-bond acceptors (Lipinski definition) is 6. The summed E-state index contributed by atoms with van der Waals surface area (Å²) in [4.78, 5) is 13.2. The molecule has 0 amide bonds. The highest BCUT2D eigenvalue weighted by Gasteiger charge is 2.04. The lowest BCUT2D eigenvalue weighted by atomic mass is 10.3. The summed E-state index contributed by atoms with van der Waals surface area (Å²) in [7, 11) is 1.69. The number of nitrogens with zero attached hydrogens (tertiary/aromatic N) is 3. The van der Waals surface area contributed by atoms with E-state index in [-0.39, 0.29) is 0 Å². The number of methoxy groups -OCH3 is 1. The van der Waals surface area contributed by atoms with E-state index in [1.54, 1.807) is 24.6 Å². The highest BCUT2D eigenvalue weighted by Crippen LogP contribution is 2.10. The lowest BCUT2D eigenvalue weighted by molar-refractivity contribution is 0.199. The molecule has 2 heterocycles. The molecule has 0 aliphatic carbocycles. The number of aromatic nitrogens is 3. The van der Waals surface area contributed by atoms with E-state index in [1.165, 1.54) is 0 Å². The van der Waals surface area contributed by atoms with Crippen LogP contribution in [0.2, 0.25) is 0 Å². The Balaban J connectivity index is 1.91. The van der Waals surface area contributed by atoms with Crippen LogP contribution >= 0.6 is 11.3 Å². The monoisotopic (exact) mass is 278 g/mol. The zero-order valence-corrected chi connectivity index (χ0v) is 12.0. The van der Waals surface area contributed by atoms with E-state index in [4.69, 9.17) is 4.74 Å². The summed E-state index contributed by atoms with van der Waals surface area (Å²) in [5.41, 5.74) is 2.03. The fraction of sp³-hybridized carbons (Fsp3) is 0.462. The van der Waals surface area contributed by atoms with Crippen LogP contribution in [0.5, 0.6) is 0 Å². The van der Waals surface area contributed by atoms with Crippen LogP contribution in [0.4, 0.5) is 0 Å². The second-order valence-corrected chi connectivity index (χ2v) is 5.23. The van der Waals surface area contributed by atoms with Crippen LogP contribution in [0.25, 0.3) is 0 Å². The van der Waals surface area contributed by atoms with Crippen molar-refractivity contribution in [2.75, 3.05) is 20.3 Å². The fourth-order valence-corrected chi connectivity index (χ4v) is 2.28. The Morgan fingerprint density at radius 1 is 1.32 bits per heavy atom. The topological polar surface area (TPSA) is 59.9 Å². The van der Waals surface area contributed by atoms with Gasteiger partial charge in [0.25, 0.3) is 0 Å². The third-order valence-electron chi connectivity index (χ3n) is 2.56. The first-order chi connectivity index (χ1) is 9.28. The first kappa shape index (κ1) is 14.0. The maximum atomic E-state index is 4.98. The molecular weight excluding hydrogens is 260 g/mol. The van der Waals surface area contributed by atoms with Crippen molar-refractivity contribution >= 4 is 11.3 Å². The number of rotatable bonds is 7. The third kappa shape index (κ3) is 4.66. The fourth-order valence-electron chi connectivity index (χ4n) is 1.67. The largest absolute Gasteiger partial charge is 0.383 e. The Hall–Kier alpha value is -1.37. The van der Waals surface area contributed by atoms with Crippen molar-refractivity contribution in [3.8, 4) is 0 Å². The summed E-state index contributed by atoms with van der Waals surface area (Å²) >= 11 is 1.65. The van der Waals surface area contributed by atoms with E-state index >= 15 is 0 Å². The first-order valence-electron chi connectivity index (χ1n) is 6.19. The quantitative estimate of drug-likeness (QED) is 0.779. The molecule has 6 heteroatoms. The van der Waals surface area contributed by atoms with Crippen LogP contribution in [-0.4, -0.2) is 35.2 Å². The summed E-state index contributed by atoms with van der Waals surface area (Å²) in [6.07, 6.45) is 2.49. The predicted molar refractivity (Wildman–Crippen MR) is 75.3 cm³/mol. The molecule has 0 aliphatic heterocycles. The third-order valence-corrected chi connectivity index (χ3v) is 3.38. The van der Waals surface area contributed by atoms with Crippen LogP contribution in [-0.2, 0) is 17.7 Å². The second-order valence-electron chi connectivity index (χ2n) is 4.17. The molecule has 5 nitrogen and oxygen atoms in total. The van der Waals surface area contributed by atoms with Gasteiger partial charge in [-0.25, -0.2) is 15.0 Å². The first-order valence-corrected chi connectivity index (χ1v) is 7.07. The molecule has 0 aromatic carbocycles. The highest BCUT2D eigenvalue weighted by molar-refractivity contribution is 7.09. The van der Waals surface area contributed by atoms with E-state index in [1.807, 2.05) is 13.0 Å². The van der Waals surface area contributed by atoms with Crippen molar-refractivity contribution in [1.29, 1.82) is 0 Å². The number of thiazole rings is 1. The maximum absolute atomic E-state index is 4.98. The molecule has 102 valence electrons. The Labute approximate surface area is 117 Å². The normalized spacial score (nSPS) is 10.8. The van der Waals surface area contributed by atoms with Crippen LogP contribution < -0.4 is 5.32 Å². The molecule has 0 saturated heterocycles. The second kappa shape index (κ2) is 7.28. The van der Waals surface area contributed by atoms with Gasteiger partial charge in [-0.1, -0.05) is 0 Å². The number of aryl methyl sites for hydroxylation is 1. The molecule has 0 saturated carbocycles. The van der Waals surface area contributed by atoms with Gasteiger partial charge in [-0.3, -0.25) is 0 Å². The molecule has 0 aliphatic rings. The summed E-state index contributed by atoms with van der Waals surface area (Å²) in [5.74, 6) is 0.816. The van der Waals surface area contributed by atoms with Crippen molar-refractivity contribution in [1.82, 2.24) is 20.3 Å². The summed E-state index contributed by atoms with van der Waals surface area (Å²) < 4.78 is 4.98. The summed E-state index contributed by atoms with van der Waals surface area (Å²) in [6.45, 7) is 4.26. The molecule has 0 unspecified atom stereocenters. The summed E-state index contributed by atoms with van der Waals surface area (Å²) in [5, 5.41) is 6.40. The minimum absolute atomic E-state index is 0.691. The Kier molecular flexibility index (Phi) is 5.38. The summed E-state index contributed by atoms with van der Waals surface area (Å²) in [6, 6.07) is 1.93. The zero-order chi connectivity index (χ0) is 13.5. The maximum Gasteiger partial charge on any atom is 0.134 e. The van der Waals surface area contributed by atoms with E-state index in [0.29, 0.717) is 13.0 Å². The van der Waals surface area contributed by atoms with Gasteiger partial charge in [0.05, 0.1) is 29.4 Å². The van der Waals surface area contributed by atoms with E-state index < -0.39 is 0 Å². The molecule has 2 rings (SSSR count). The van der Waals surface area contributed by atoms with E-state index in [2.05, 4.69) is 25.6 Å². The highest BCUT2D eigenvalue weighted by atomic mass is 32.1. The molecule has 0 radical (unpaired) electrons. The Morgan fingerprint density at radius 3 is 2.95 bits per heavy atom. The molecule has 0 bridgehead atoms. The van der Waals surface area contributed by atoms with Gasteiger partial charge in [-0.15, -0.1) is 11.3 Å². The number of nitrogens with one attached hydrogen (secondary N) is 1. The van der Waals surface area contributed by atoms with Gasteiger partial charge < -0.3 is 10.1 Å². The SMILES string of the molecule is COCCNCc1ccnc(Cc2csc(C)n2)n1. The minimum Gasteiger partial charge on any atom is -0.383 e. The van der Waals surface area contributed by atoms with Crippen molar-refractivity contribution in [3.05, 3.63) is 39.9 Å². The lowest BCUT2D eigenvalue weighted by Gasteiger charge is -2.04. The minimum atomic E-state index is 0.691. The Morgan fingerprint density at radius 2 is 2.21 bits per heavy atom. The van der Waals surface area contributed by atoms with Gasteiger partial charge in [-0.05, 0) is 13.0 Å². The molecule has 19 heavy (non-hydrogen) atoms. The van der Waals surface area contributed by atoms with Gasteiger partial charge in [0.2, 0.25) is 0 Å². The van der Waals surface area contributed by atoms with Gasteiger partial charge in [0.1, 0.15) is 5.82 Å². The lowest BCUT2D eigenvalue weighted by Crippen LogP contribution is -2.19. The van der Waals surface area contributed by atoms with Crippen LogP contribution in [0.3, 0.4) is 0 Å². The predicted octanol–water partition coefficient (Wildman–Crippen LogP) is 1.57. The number of ether oxygens (including phenoxy) is 1. The smallest absolute Gasteiger partial charge is 0.134 e. The zero-order valence-electron chi connectivity index (χ0n) is 11.2. The molecule has 0 fully saturated rings. The molecular formula is C13H18N4OS. The van der Waals surface area contributed by atoms with Gasteiger partial charge >= 0.3 is 0 Å². The van der Waals surface area contributed by atoms with Crippen molar-refractivity contribution in [2.24, 2.45) is 0 Å². The molecule has 0 spiro atoms. The molecule has 0 atom stereocenters.